The summed E-state index contributed by atoms with van der Waals surface area (Å²) in [5.74, 6) is 0.909. The van der Waals surface area contributed by atoms with Crippen LogP contribution in [0.4, 0.5) is 17.1 Å². The maximum absolute atomic E-state index is 5.68. The van der Waals surface area contributed by atoms with Crippen molar-refractivity contribution in [1.29, 1.82) is 0 Å². The fourth-order valence-corrected chi connectivity index (χ4v) is 2.67. The van der Waals surface area contributed by atoms with E-state index in [1.165, 1.54) is 0 Å². The van der Waals surface area contributed by atoms with Crippen LogP contribution in [0.15, 0.2) is 84.9 Å². The number of anilines is 3. The van der Waals surface area contributed by atoms with Crippen LogP contribution in [0.2, 0.25) is 0 Å². The van der Waals surface area contributed by atoms with Gasteiger partial charge in [-0.05, 0) is 48.5 Å². The monoisotopic (exact) mass is 415 g/mol. The quantitative estimate of drug-likeness (QED) is 0.363. The average Bonchev–Trinajstić information content (AvgIpc) is 2.63. The van der Waals surface area contributed by atoms with Crippen molar-refractivity contribution in [1.82, 2.24) is 0 Å². The van der Waals surface area contributed by atoms with Crippen LogP contribution in [0, 0.1) is 0 Å². The molecule has 0 aliphatic heterocycles. The van der Waals surface area contributed by atoms with Crippen molar-refractivity contribution >= 4 is 39.7 Å². The van der Waals surface area contributed by atoms with Gasteiger partial charge in [0.1, 0.15) is 5.75 Å². The first-order valence-electron chi connectivity index (χ1n) is 7.57. The van der Waals surface area contributed by atoms with Crippen LogP contribution in [-0.4, -0.2) is 11.0 Å². The zero-order valence-electron chi connectivity index (χ0n) is 12.7. The molecule has 3 heteroatoms. The average molecular weight is 415 g/mol. The van der Waals surface area contributed by atoms with Gasteiger partial charge >= 0.3 is 0 Å². The predicted octanol–water partition coefficient (Wildman–Crippen LogP) is 5.97. The minimum Gasteiger partial charge on any atom is -0.493 e. The van der Waals surface area contributed by atoms with Crippen LogP contribution >= 0.6 is 22.6 Å². The molecular weight excluding hydrogens is 397 g/mol. The Kier molecular flexibility index (Phi) is 5.53. The Morgan fingerprint density at radius 1 is 0.652 bits per heavy atom. The smallest absolute Gasteiger partial charge is 0.119 e. The molecule has 116 valence electrons. The highest BCUT2D eigenvalue weighted by molar-refractivity contribution is 14.1. The van der Waals surface area contributed by atoms with Gasteiger partial charge in [-0.1, -0.05) is 59.0 Å². The van der Waals surface area contributed by atoms with E-state index < -0.39 is 0 Å². The van der Waals surface area contributed by atoms with E-state index in [1.807, 2.05) is 24.3 Å². The second-order valence-corrected chi connectivity index (χ2v) is 6.12. The molecule has 0 aliphatic carbocycles. The summed E-state index contributed by atoms with van der Waals surface area (Å²) < 4.78 is 6.66. The van der Waals surface area contributed by atoms with E-state index in [9.17, 15) is 0 Å². The van der Waals surface area contributed by atoms with Crippen molar-refractivity contribution in [3.8, 4) is 5.75 Å². The Labute approximate surface area is 150 Å². The van der Waals surface area contributed by atoms with Crippen LogP contribution in [0.3, 0.4) is 0 Å². The number of rotatable bonds is 6. The third-order valence-corrected chi connectivity index (χ3v) is 3.91. The summed E-state index contributed by atoms with van der Waals surface area (Å²) >= 11 is 2.31. The number of ether oxygens (including phenoxy) is 1. The van der Waals surface area contributed by atoms with Crippen LogP contribution in [-0.2, 0) is 0 Å². The van der Waals surface area contributed by atoms with Gasteiger partial charge in [0.05, 0.1) is 6.61 Å². The molecule has 3 aromatic carbocycles. The van der Waals surface area contributed by atoms with E-state index >= 15 is 0 Å². The maximum atomic E-state index is 5.68. The molecular formula is C20H18INO. The second-order valence-electron chi connectivity index (χ2n) is 5.04. The van der Waals surface area contributed by atoms with Gasteiger partial charge in [-0.3, -0.25) is 0 Å². The first-order valence-corrected chi connectivity index (χ1v) is 9.10. The molecule has 3 rings (SSSR count). The van der Waals surface area contributed by atoms with Gasteiger partial charge in [-0.15, -0.1) is 0 Å². The van der Waals surface area contributed by atoms with Crippen molar-refractivity contribution in [2.75, 3.05) is 15.9 Å². The number of para-hydroxylation sites is 2. The summed E-state index contributed by atoms with van der Waals surface area (Å²) in [5, 5.41) is 0. The van der Waals surface area contributed by atoms with E-state index in [4.69, 9.17) is 4.74 Å². The molecule has 0 saturated heterocycles. The standard InChI is InChI=1S/C20H18INO/c21-15-16-23-20-13-11-19(12-14-20)22(17-7-3-1-4-8-17)18-9-5-2-6-10-18/h1-14H,15-16H2. The summed E-state index contributed by atoms with van der Waals surface area (Å²) in [6.45, 7) is 0.737. The van der Waals surface area contributed by atoms with Crippen molar-refractivity contribution in [3.05, 3.63) is 84.9 Å². The lowest BCUT2D eigenvalue weighted by atomic mass is 10.2. The van der Waals surface area contributed by atoms with Gasteiger partial charge in [0.25, 0.3) is 0 Å². The fourth-order valence-electron chi connectivity index (χ4n) is 2.45. The van der Waals surface area contributed by atoms with Gasteiger partial charge in [-0.25, -0.2) is 0 Å². The predicted molar refractivity (Wildman–Crippen MR) is 106 cm³/mol. The Morgan fingerprint density at radius 2 is 1.13 bits per heavy atom. The molecule has 0 N–H and O–H groups in total. The lowest BCUT2D eigenvalue weighted by Crippen LogP contribution is -2.09. The minimum atomic E-state index is 0.737. The van der Waals surface area contributed by atoms with E-state index in [0.717, 1.165) is 33.8 Å². The van der Waals surface area contributed by atoms with Crippen LogP contribution in [0.1, 0.15) is 0 Å². The minimum absolute atomic E-state index is 0.737. The third-order valence-electron chi connectivity index (χ3n) is 3.47. The highest BCUT2D eigenvalue weighted by Gasteiger charge is 2.11. The summed E-state index contributed by atoms with van der Waals surface area (Å²) in [7, 11) is 0. The SMILES string of the molecule is ICCOc1ccc(N(c2ccccc2)c2ccccc2)cc1. The van der Waals surface area contributed by atoms with Crippen LogP contribution in [0.5, 0.6) is 5.75 Å². The molecule has 0 spiro atoms. The zero-order valence-corrected chi connectivity index (χ0v) is 14.9. The maximum Gasteiger partial charge on any atom is 0.119 e. The molecule has 2 nitrogen and oxygen atoms in total. The zero-order chi connectivity index (χ0) is 15.9. The number of benzene rings is 3. The lowest BCUT2D eigenvalue weighted by molar-refractivity contribution is 0.346. The summed E-state index contributed by atoms with van der Waals surface area (Å²) in [5.41, 5.74) is 3.39. The number of hydrogen-bond donors (Lipinski definition) is 0. The van der Waals surface area contributed by atoms with Crippen molar-refractivity contribution in [2.24, 2.45) is 0 Å². The number of nitrogens with zero attached hydrogens (tertiary/aromatic N) is 1. The van der Waals surface area contributed by atoms with Crippen LogP contribution < -0.4 is 9.64 Å². The van der Waals surface area contributed by atoms with Gasteiger partial charge in [0.2, 0.25) is 0 Å². The summed E-state index contributed by atoms with van der Waals surface area (Å²) in [6.07, 6.45) is 0. The highest BCUT2D eigenvalue weighted by Crippen LogP contribution is 2.34. The van der Waals surface area contributed by atoms with Gasteiger partial charge in [-0.2, -0.15) is 0 Å². The molecule has 3 aromatic rings. The Hall–Kier alpha value is -2.01. The van der Waals surface area contributed by atoms with Gasteiger partial charge < -0.3 is 9.64 Å². The third kappa shape index (κ3) is 4.05. The molecule has 0 unspecified atom stereocenters. The highest BCUT2D eigenvalue weighted by atomic mass is 127. The number of alkyl halides is 1. The fraction of sp³-hybridized carbons (Fsp3) is 0.100. The van der Waals surface area contributed by atoms with E-state index in [-0.39, 0.29) is 0 Å². The summed E-state index contributed by atoms with van der Waals surface area (Å²) in [6, 6.07) is 29.0. The Bertz CT molecular complexity index is 674. The lowest BCUT2D eigenvalue weighted by Gasteiger charge is -2.25. The first-order chi connectivity index (χ1) is 11.4. The Morgan fingerprint density at radius 3 is 1.61 bits per heavy atom. The molecule has 0 fully saturated rings. The molecule has 0 radical (unpaired) electrons. The molecule has 0 aliphatic rings. The first kappa shape index (κ1) is 15.9. The molecule has 0 saturated carbocycles. The number of halogens is 1. The summed E-state index contributed by atoms with van der Waals surface area (Å²) in [4.78, 5) is 2.24. The number of hydrogen-bond acceptors (Lipinski definition) is 2. The normalized spacial score (nSPS) is 10.3. The molecule has 0 atom stereocenters. The second kappa shape index (κ2) is 8.02. The molecule has 23 heavy (non-hydrogen) atoms. The van der Waals surface area contributed by atoms with Gasteiger partial charge in [0, 0.05) is 21.5 Å². The van der Waals surface area contributed by atoms with Crippen LogP contribution in [0.25, 0.3) is 0 Å². The largest absolute Gasteiger partial charge is 0.493 e. The van der Waals surface area contributed by atoms with E-state index in [2.05, 4.69) is 88.2 Å². The molecule has 0 heterocycles. The van der Waals surface area contributed by atoms with E-state index in [1.54, 1.807) is 0 Å². The van der Waals surface area contributed by atoms with E-state index in [0.29, 0.717) is 0 Å². The molecule has 0 bridgehead atoms. The molecule has 0 amide bonds. The Balaban J connectivity index is 1.96. The van der Waals surface area contributed by atoms with Gasteiger partial charge in [0.15, 0.2) is 0 Å². The molecule has 0 aromatic heterocycles. The van der Waals surface area contributed by atoms with Crippen molar-refractivity contribution in [2.45, 2.75) is 0 Å². The topological polar surface area (TPSA) is 12.5 Å². The van der Waals surface area contributed by atoms with Crippen molar-refractivity contribution < 1.29 is 4.74 Å². The van der Waals surface area contributed by atoms with Crippen molar-refractivity contribution in [3.63, 3.8) is 0 Å².